The summed E-state index contributed by atoms with van der Waals surface area (Å²) in [6.45, 7) is 6.00. The van der Waals surface area contributed by atoms with Crippen LogP contribution in [0, 0.1) is 5.41 Å². The Labute approximate surface area is 124 Å². The van der Waals surface area contributed by atoms with E-state index in [1.165, 1.54) is 0 Å². The van der Waals surface area contributed by atoms with E-state index in [1.807, 2.05) is 32.0 Å². The molecule has 0 unspecified atom stereocenters. The van der Waals surface area contributed by atoms with E-state index in [1.54, 1.807) is 12.1 Å². The smallest absolute Gasteiger partial charge is 0.426 e. The molecule has 1 aromatic carbocycles. The third-order valence-electron chi connectivity index (χ3n) is 2.66. The molecule has 0 fully saturated rings. The predicted molar refractivity (Wildman–Crippen MR) is 65.4 cm³/mol. The molecule has 0 heterocycles. The van der Waals surface area contributed by atoms with Crippen LogP contribution in [0.15, 0.2) is 30.3 Å². The van der Waals surface area contributed by atoms with Crippen molar-refractivity contribution in [2.45, 2.75) is 40.0 Å². The average Bonchev–Trinajstić information content (AvgIpc) is 2.28. The molecule has 0 saturated carbocycles. The summed E-state index contributed by atoms with van der Waals surface area (Å²) in [5.74, 6) is 0.476. The number of para-hydroxylation sites is 1. The molecule has 0 bridgehead atoms. The Hall–Kier alpha value is -0.375. The molecule has 0 aliphatic heterocycles. The molecule has 0 amide bonds. The first-order valence-electron chi connectivity index (χ1n) is 5.83. The number of carbonyl (C=O) groups excluding carboxylic acids is 1. The Morgan fingerprint density at radius 2 is 1.82 bits per heavy atom. The van der Waals surface area contributed by atoms with Gasteiger partial charge < -0.3 is 4.74 Å². The summed E-state index contributed by atoms with van der Waals surface area (Å²) in [6, 6.07) is 9.23. The van der Waals surface area contributed by atoms with Gasteiger partial charge in [0.05, 0.1) is 5.41 Å². The first-order valence-corrected chi connectivity index (χ1v) is 5.83. The molecule has 1 rings (SSSR count). The van der Waals surface area contributed by atoms with Crippen molar-refractivity contribution in [3.05, 3.63) is 30.3 Å². The van der Waals surface area contributed by atoms with Gasteiger partial charge in [0.25, 0.3) is 0 Å². The topological polar surface area (TPSA) is 26.3 Å². The van der Waals surface area contributed by atoms with Crippen molar-refractivity contribution in [2.24, 2.45) is 5.41 Å². The molecule has 0 spiro atoms. The fourth-order valence-electron chi connectivity index (χ4n) is 1.45. The van der Waals surface area contributed by atoms with Gasteiger partial charge in [0, 0.05) is 0 Å². The molecule has 1 aromatic rings. The molecule has 0 aliphatic rings. The summed E-state index contributed by atoms with van der Waals surface area (Å²) in [4.78, 5) is 11.9. The number of unbranched alkanes of at least 4 members (excludes halogenated alkanes) is 1. The summed E-state index contributed by atoms with van der Waals surface area (Å²) in [7, 11) is 0. The van der Waals surface area contributed by atoms with Crippen LogP contribution in [0.3, 0.4) is 0 Å². The Morgan fingerprint density at radius 1 is 1.24 bits per heavy atom. The second-order valence-electron chi connectivity index (χ2n) is 4.69. The van der Waals surface area contributed by atoms with Crippen LogP contribution in [-0.2, 0) is 32.5 Å². The largest absolute Gasteiger partial charge is 2.00 e. The molecular weight excluding hydrogens is 401 g/mol. The van der Waals surface area contributed by atoms with Crippen LogP contribution in [0.1, 0.15) is 40.0 Å². The van der Waals surface area contributed by atoms with E-state index in [-0.39, 0.29) is 33.6 Å². The second-order valence-corrected chi connectivity index (χ2v) is 4.69. The fourth-order valence-corrected chi connectivity index (χ4v) is 1.45. The minimum Gasteiger partial charge on any atom is -0.426 e. The number of ether oxygens (including phenoxy) is 1. The molecule has 0 aromatic heterocycles. The molecule has 0 radical (unpaired) electrons. The van der Waals surface area contributed by atoms with Crippen molar-refractivity contribution >= 4 is 5.97 Å². The van der Waals surface area contributed by atoms with E-state index in [0.29, 0.717) is 5.75 Å². The summed E-state index contributed by atoms with van der Waals surface area (Å²) >= 11 is 0. The Kier molecular flexibility index (Phi) is 7.68. The SMILES string of the molecule is CCCCC(C)(C)C(=O)Oc1ccccc1.[Hg+2]. The third kappa shape index (κ3) is 5.67. The molecule has 0 atom stereocenters. The van der Waals surface area contributed by atoms with Crippen LogP contribution in [-0.4, -0.2) is 5.97 Å². The van der Waals surface area contributed by atoms with Gasteiger partial charge in [0.1, 0.15) is 5.75 Å². The average molecular weight is 421 g/mol. The zero-order valence-corrected chi connectivity index (χ0v) is 16.5. The first kappa shape index (κ1) is 16.6. The molecular formula is C14H20HgO2+2. The van der Waals surface area contributed by atoms with Crippen LogP contribution >= 0.6 is 0 Å². The maximum Gasteiger partial charge on any atom is 2.00 e. The summed E-state index contributed by atoms with van der Waals surface area (Å²) in [5, 5.41) is 0. The van der Waals surface area contributed by atoms with Gasteiger partial charge in [-0.15, -0.1) is 0 Å². The number of benzene rings is 1. The van der Waals surface area contributed by atoms with E-state index in [9.17, 15) is 4.79 Å². The van der Waals surface area contributed by atoms with Crippen molar-refractivity contribution < 1.29 is 37.2 Å². The van der Waals surface area contributed by atoms with Crippen molar-refractivity contribution in [1.82, 2.24) is 0 Å². The molecule has 17 heavy (non-hydrogen) atoms. The maximum absolute atomic E-state index is 11.9. The Morgan fingerprint density at radius 3 is 2.35 bits per heavy atom. The first-order chi connectivity index (χ1) is 7.56. The number of carbonyl (C=O) groups is 1. The quantitative estimate of drug-likeness (QED) is 0.411. The number of hydrogen-bond donors (Lipinski definition) is 0. The molecule has 88 valence electrons. The van der Waals surface area contributed by atoms with Gasteiger partial charge in [-0.2, -0.15) is 0 Å². The fraction of sp³-hybridized carbons (Fsp3) is 0.500. The standard InChI is InChI=1S/C14H20O2.Hg/c1-4-5-11-14(2,3)13(15)16-12-9-7-6-8-10-12;/h6-10H,4-5,11H2,1-3H3;/q;+2. The number of esters is 1. The zero-order valence-electron chi connectivity index (χ0n) is 11.0. The van der Waals surface area contributed by atoms with Crippen LogP contribution in [0.4, 0.5) is 0 Å². The Bertz CT molecular complexity index is 333. The number of rotatable bonds is 5. The molecule has 0 N–H and O–H groups in total. The summed E-state index contributed by atoms with van der Waals surface area (Å²) < 4.78 is 5.34. The minimum absolute atomic E-state index is 0. The minimum atomic E-state index is -0.397. The van der Waals surface area contributed by atoms with Crippen LogP contribution < -0.4 is 4.74 Å². The zero-order chi connectivity index (χ0) is 12.0. The molecule has 2 nitrogen and oxygen atoms in total. The van der Waals surface area contributed by atoms with Gasteiger partial charge in [-0.1, -0.05) is 38.0 Å². The van der Waals surface area contributed by atoms with Gasteiger partial charge in [-0.25, -0.2) is 0 Å². The van der Waals surface area contributed by atoms with Crippen molar-refractivity contribution in [3.8, 4) is 5.75 Å². The number of hydrogen-bond acceptors (Lipinski definition) is 2. The predicted octanol–water partition coefficient (Wildman–Crippen LogP) is 3.81. The van der Waals surface area contributed by atoms with Crippen molar-refractivity contribution in [3.63, 3.8) is 0 Å². The van der Waals surface area contributed by atoms with E-state index in [2.05, 4.69) is 6.92 Å². The van der Waals surface area contributed by atoms with E-state index in [4.69, 9.17) is 4.74 Å². The molecule has 3 heteroatoms. The molecule has 0 aliphatic carbocycles. The van der Waals surface area contributed by atoms with Crippen LogP contribution in [0.5, 0.6) is 5.75 Å². The van der Waals surface area contributed by atoms with Gasteiger partial charge >= 0.3 is 33.6 Å². The van der Waals surface area contributed by atoms with Crippen molar-refractivity contribution in [2.75, 3.05) is 0 Å². The second kappa shape index (κ2) is 7.86. The van der Waals surface area contributed by atoms with E-state index >= 15 is 0 Å². The van der Waals surface area contributed by atoms with Crippen molar-refractivity contribution in [1.29, 1.82) is 0 Å². The van der Waals surface area contributed by atoms with Crippen LogP contribution in [0.25, 0.3) is 0 Å². The molecule has 0 saturated heterocycles. The normalized spacial score (nSPS) is 10.5. The Balaban J connectivity index is 0.00000256. The van der Waals surface area contributed by atoms with Gasteiger partial charge in [0.15, 0.2) is 0 Å². The summed E-state index contributed by atoms with van der Waals surface area (Å²) in [6.07, 6.45) is 3.02. The maximum atomic E-state index is 11.9. The van der Waals surface area contributed by atoms with E-state index < -0.39 is 5.41 Å². The van der Waals surface area contributed by atoms with Gasteiger partial charge in [-0.3, -0.25) is 4.79 Å². The monoisotopic (exact) mass is 422 g/mol. The summed E-state index contributed by atoms with van der Waals surface area (Å²) in [5.41, 5.74) is -0.397. The van der Waals surface area contributed by atoms with Gasteiger partial charge in [0.2, 0.25) is 0 Å². The van der Waals surface area contributed by atoms with Crippen LogP contribution in [0.2, 0.25) is 0 Å². The van der Waals surface area contributed by atoms with Gasteiger partial charge in [-0.05, 0) is 32.4 Å². The van der Waals surface area contributed by atoms with E-state index in [0.717, 1.165) is 19.3 Å². The third-order valence-corrected chi connectivity index (χ3v) is 2.66.